The number of carbonyl (C=O) groups excluding carboxylic acids is 2. The third-order valence-electron chi connectivity index (χ3n) is 3.11. The molecule has 1 aromatic rings. The van der Waals surface area contributed by atoms with Crippen LogP contribution >= 0.6 is 11.8 Å². The van der Waals surface area contributed by atoms with E-state index >= 15 is 0 Å². The molecular formula is C14H17N3O2S. The van der Waals surface area contributed by atoms with Gasteiger partial charge in [-0.25, -0.2) is 5.43 Å². The Kier molecular flexibility index (Phi) is 4.79. The molecule has 1 atom stereocenters. The molecular weight excluding hydrogens is 274 g/mol. The second-order valence-corrected chi connectivity index (χ2v) is 5.72. The highest BCUT2D eigenvalue weighted by atomic mass is 32.2. The highest BCUT2D eigenvalue weighted by molar-refractivity contribution is 7.99. The highest BCUT2D eigenvalue weighted by Crippen LogP contribution is 2.15. The Morgan fingerprint density at radius 1 is 1.35 bits per heavy atom. The average Bonchev–Trinajstić information content (AvgIpc) is 2.48. The number of rotatable bonds is 4. The van der Waals surface area contributed by atoms with Crippen LogP contribution in [0.2, 0.25) is 0 Å². The molecule has 6 heteroatoms. The fraction of sp³-hybridized carbons (Fsp3) is 0.357. The molecule has 1 heterocycles. The van der Waals surface area contributed by atoms with Crippen molar-refractivity contribution in [2.45, 2.75) is 25.0 Å². The van der Waals surface area contributed by atoms with Gasteiger partial charge in [0.2, 0.25) is 11.8 Å². The molecule has 0 saturated heterocycles. The van der Waals surface area contributed by atoms with Gasteiger partial charge < -0.3 is 5.32 Å². The predicted molar refractivity (Wildman–Crippen MR) is 82.0 cm³/mol. The first-order chi connectivity index (χ1) is 9.60. The van der Waals surface area contributed by atoms with Gasteiger partial charge >= 0.3 is 0 Å². The number of anilines is 1. The van der Waals surface area contributed by atoms with Crippen molar-refractivity contribution in [3.8, 4) is 0 Å². The SMILES string of the molecule is CSC(C)C(=O)Nc1ccc(C2=NNC(=O)CC2)cc1. The van der Waals surface area contributed by atoms with Gasteiger partial charge in [0.15, 0.2) is 0 Å². The van der Waals surface area contributed by atoms with Crippen LogP contribution in [0.5, 0.6) is 0 Å². The van der Waals surface area contributed by atoms with E-state index in [2.05, 4.69) is 15.8 Å². The molecule has 1 unspecified atom stereocenters. The fourth-order valence-corrected chi connectivity index (χ4v) is 2.05. The van der Waals surface area contributed by atoms with Crippen LogP contribution < -0.4 is 10.7 Å². The second-order valence-electron chi connectivity index (χ2n) is 4.54. The van der Waals surface area contributed by atoms with Crippen molar-refractivity contribution < 1.29 is 9.59 Å². The largest absolute Gasteiger partial charge is 0.325 e. The summed E-state index contributed by atoms with van der Waals surface area (Å²) in [5.74, 6) is -0.0591. The number of amides is 2. The van der Waals surface area contributed by atoms with Crippen LogP contribution in [0.3, 0.4) is 0 Å². The van der Waals surface area contributed by atoms with Crippen LogP contribution in [0, 0.1) is 0 Å². The Labute approximate surface area is 122 Å². The first kappa shape index (κ1) is 14.6. The minimum atomic E-state index is -0.0763. The van der Waals surface area contributed by atoms with E-state index in [0.717, 1.165) is 17.0 Å². The summed E-state index contributed by atoms with van der Waals surface area (Å²) >= 11 is 1.51. The van der Waals surface area contributed by atoms with Gasteiger partial charge in [-0.2, -0.15) is 16.9 Å². The summed E-state index contributed by atoms with van der Waals surface area (Å²) < 4.78 is 0. The van der Waals surface area contributed by atoms with E-state index < -0.39 is 0 Å². The Hall–Kier alpha value is -1.82. The summed E-state index contributed by atoms with van der Waals surface area (Å²) in [6, 6.07) is 7.49. The van der Waals surface area contributed by atoms with Gasteiger partial charge in [0, 0.05) is 18.5 Å². The van der Waals surface area contributed by atoms with E-state index in [-0.39, 0.29) is 17.1 Å². The number of nitrogens with zero attached hydrogens (tertiary/aromatic N) is 1. The third-order valence-corrected chi connectivity index (χ3v) is 4.03. The Balaban J connectivity index is 2.03. The molecule has 2 rings (SSSR count). The van der Waals surface area contributed by atoms with Gasteiger partial charge in [0.25, 0.3) is 0 Å². The molecule has 0 saturated carbocycles. The number of benzene rings is 1. The summed E-state index contributed by atoms with van der Waals surface area (Å²) in [7, 11) is 0. The van der Waals surface area contributed by atoms with Gasteiger partial charge in [0.1, 0.15) is 0 Å². The summed E-state index contributed by atoms with van der Waals surface area (Å²) in [4.78, 5) is 22.8. The van der Waals surface area contributed by atoms with E-state index in [4.69, 9.17) is 0 Å². The van der Waals surface area contributed by atoms with Crippen LogP contribution in [0.4, 0.5) is 5.69 Å². The van der Waals surface area contributed by atoms with Gasteiger partial charge in [0.05, 0.1) is 11.0 Å². The van der Waals surface area contributed by atoms with E-state index in [1.54, 1.807) is 0 Å². The monoisotopic (exact) mass is 291 g/mol. The molecule has 0 aromatic heterocycles. The van der Waals surface area contributed by atoms with Crippen molar-refractivity contribution in [3.05, 3.63) is 29.8 Å². The molecule has 0 spiro atoms. The molecule has 20 heavy (non-hydrogen) atoms. The molecule has 2 N–H and O–H groups in total. The first-order valence-corrected chi connectivity index (χ1v) is 7.68. The summed E-state index contributed by atoms with van der Waals surface area (Å²) in [5, 5.41) is 6.82. The number of carbonyl (C=O) groups is 2. The van der Waals surface area contributed by atoms with Crippen LogP contribution in [-0.2, 0) is 9.59 Å². The summed E-state index contributed by atoms with van der Waals surface area (Å²) in [6.45, 7) is 1.87. The molecule has 1 aromatic carbocycles. The van der Waals surface area contributed by atoms with Crippen molar-refractivity contribution in [1.82, 2.24) is 5.43 Å². The smallest absolute Gasteiger partial charge is 0.240 e. The maximum atomic E-state index is 11.8. The maximum absolute atomic E-state index is 11.8. The third kappa shape index (κ3) is 3.60. The zero-order valence-corrected chi connectivity index (χ0v) is 12.3. The molecule has 106 valence electrons. The molecule has 0 radical (unpaired) electrons. The lowest BCUT2D eigenvalue weighted by atomic mass is 10.0. The van der Waals surface area contributed by atoms with E-state index in [9.17, 15) is 9.59 Å². The summed E-state index contributed by atoms with van der Waals surface area (Å²) in [6.07, 6.45) is 3.01. The van der Waals surface area contributed by atoms with Gasteiger partial charge in [-0.3, -0.25) is 9.59 Å². The van der Waals surface area contributed by atoms with E-state index in [1.165, 1.54) is 11.8 Å². The highest BCUT2D eigenvalue weighted by Gasteiger charge is 2.14. The molecule has 0 fully saturated rings. The minimum absolute atomic E-state index is 0.00693. The van der Waals surface area contributed by atoms with Crippen molar-refractivity contribution in [3.63, 3.8) is 0 Å². The molecule has 1 aliphatic rings. The van der Waals surface area contributed by atoms with Crippen LogP contribution in [0.25, 0.3) is 0 Å². The van der Waals surface area contributed by atoms with E-state index in [1.807, 2.05) is 37.4 Å². The molecule has 0 bridgehead atoms. The Bertz CT molecular complexity index is 540. The molecule has 1 aliphatic heterocycles. The lowest BCUT2D eigenvalue weighted by Gasteiger charge is -2.13. The number of hydrazone groups is 1. The van der Waals surface area contributed by atoms with Crippen LogP contribution in [0.1, 0.15) is 25.3 Å². The quantitative estimate of drug-likeness (QED) is 0.891. The second kappa shape index (κ2) is 6.56. The van der Waals surface area contributed by atoms with Crippen LogP contribution in [0.15, 0.2) is 29.4 Å². The summed E-state index contributed by atoms with van der Waals surface area (Å²) in [5.41, 5.74) is 5.06. The standard InChI is InChI=1S/C14H17N3O2S/c1-9(20-2)14(19)15-11-5-3-10(4-6-11)12-7-8-13(18)17-16-12/h3-6,9H,7-8H2,1-2H3,(H,15,19)(H,17,18). The Morgan fingerprint density at radius 3 is 2.60 bits per heavy atom. The zero-order chi connectivity index (χ0) is 14.5. The molecule has 2 amide bonds. The Morgan fingerprint density at radius 2 is 2.05 bits per heavy atom. The zero-order valence-electron chi connectivity index (χ0n) is 11.5. The molecule has 5 nitrogen and oxygen atoms in total. The minimum Gasteiger partial charge on any atom is -0.325 e. The van der Waals surface area contributed by atoms with Crippen LogP contribution in [-0.4, -0.2) is 29.0 Å². The topological polar surface area (TPSA) is 70.6 Å². The van der Waals surface area contributed by atoms with Crippen molar-refractivity contribution in [2.24, 2.45) is 5.10 Å². The lowest BCUT2D eigenvalue weighted by molar-refractivity contribution is -0.121. The lowest BCUT2D eigenvalue weighted by Crippen LogP contribution is -2.26. The maximum Gasteiger partial charge on any atom is 0.240 e. The normalized spacial score (nSPS) is 16.1. The number of hydrogen-bond acceptors (Lipinski definition) is 4. The fourth-order valence-electron chi connectivity index (χ4n) is 1.78. The van der Waals surface area contributed by atoms with Crippen molar-refractivity contribution >= 4 is 35.0 Å². The van der Waals surface area contributed by atoms with Crippen molar-refractivity contribution in [1.29, 1.82) is 0 Å². The van der Waals surface area contributed by atoms with Gasteiger partial charge in [-0.15, -0.1) is 0 Å². The average molecular weight is 291 g/mol. The van der Waals surface area contributed by atoms with Crippen molar-refractivity contribution in [2.75, 3.05) is 11.6 Å². The number of thioether (sulfide) groups is 1. The first-order valence-electron chi connectivity index (χ1n) is 6.39. The van der Waals surface area contributed by atoms with Gasteiger partial charge in [-0.05, 0) is 30.9 Å². The number of hydrogen-bond donors (Lipinski definition) is 2. The number of nitrogens with one attached hydrogen (secondary N) is 2. The van der Waals surface area contributed by atoms with E-state index in [0.29, 0.717) is 12.8 Å². The molecule has 0 aliphatic carbocycles. The predicted octanol–water partition coefficient (Wildman–Crippen LogP) is 1.99. The van der Waals surface area contributed by atoms with Gasteiger partial charge in [-0.1, -0.05) is 12.1 Å².